The first-order chi connectivity index (χ1) is 13.8. The van der Waals surface area contributed by atoms with Crippen molar-refractivity contribution in [3.63, 3.8) is 0 Å². The summed E-state index contributed by atoms with van der Waals surface area (Å²) in [6.45, 7) is 16.4. The van der Waals surface area contributed by atoms with E-state index < -0.39 is 0 Å². The summed E-state index contributed by atoms with van der Waals surface area (Å²) in [4.78, 5) is 2.65. The highest BCUT2D eigenvalue weighted by Crippen LogP contribution is 2.27. The van der Waals surface area contributed by atoms with Crippen molar-refractivity contribution < 1.29 is 0 Å². The third-order valence-electron chi connectivity index (χ3n) is 6.00. The Morgan fingerprint density at radius 3 is 1.97 bits per heavy atom. The molecule has 1 atom stereocenters. The van der Waals surface area contributed by atoms with Crippen LogP contribution in [0, 0.1) is 18.3 Å². The van der Waals surface area contributed by atoms with E-state index in [1.165, 1.54) is 101 Å². The van der Waals surface area contributed by atoms with E-state index in [0.29, 0.717) is 5.41 Å². The fraction of sp³-hybridized carbons (Fsp3) is 0.786. The van der Waals surface area contributed by atoms with Gasteiger partial charge in [-0.3, -0.25) is 0 Å². The summed E-state index contributed by atoms with van der Waals surface area (Å²) >= 11 is 0. The van der Waals surface area contributed by atoms with Gasteiger partial charge in [0, 0.05) is 18.8 Å². The summed E-state index contributed by atoms with van der Waals surface area (Å²) in [5.41, 5.74) is 3.23. The van der Waals surface area contributed by atoms with Gasteiger partial charge in [-0.05, 0) is 55.2 Å². The molecule has 1 aromatic carbocycles. The molecule has 0 amide bonds. The van der Waals surface area contributed by atoms with Crippen LogP contribution in [0.4, 0.5) is 5.69 Å². The Balaban J connectivity index is 2.36. The third kappa shape index (κ3) is 13.8. The molecule has 0 aliphatic heterocycles. The molecule has 1 aromatic rings. The van der Waals surface area contributed by atoms with Crippen molar-refractivity contribution in [2.24, 2.45) is 11.3 Å². The van der Waals surface area contributed by atoms with Gasteiger partial charge in [0.05, 0.1) is 0 Å². The number of rotatable bonds is 16. The zero-order valence-corrected chi connectivity index (χ0v) is 20.7. The molecular weight excluding hydrogens is 350 g/mol. The van der Waals surface area contributed by atoms with Crippen LogP contribution in [-0.2, 0) is 0 Å². The van der Waals surface area contributed by atoms with Gasteiger partial charge in [0.2, 0.25) is 0 Å². The maximum atomic E-state index is 2.65. The van der Waals surface area contributed by atoms with E-state index in [0.717, 1.165) is 5.92 Å². The van der Waals surface area contributed by atoms with Crippen molar-refractivity contribution in [3.05, 3.63) is 29.8 Å². The molecule has 0 aliphatic rings. The zero-order chi connectivity index (χ0) is 21.5. The van der Waals surface area contributed by atoms with Crippen LogP contribution in [0.2, 0.25) is 0 Å². The highest BCUT2D eigenvalue weighted by atomic mass is 15.1. The molecular formula is C28H51N. The quantitative estimate of drug-likeness (QED) is 0.249. The van der Waals surface area contributed by atoms with Crippen LogP contribution in [-0.4, -0.2) is 13.1 Å². The minimum Gasteiger partial charge on any atom is -0.372 e. The smallest absolute Gasteiger partial charge is 0.0368 e. The lowest BCUT2D eigenvalue weighted by Gasteiger charge is -2.29. The fourth-order valence-corrected chi connectivity index (χ4v) is 4.51. The van der Waals surface area contributed by atoms with Crippen LogP contribution in [0.25, 0.3) is 0 Å². The van der Waals surface area contributed by atoms with E-state index in [1.54, 1.807) is 0 Å². The van der Waals surface area contributed by atoms with Gasteiger partial charge in [0.15, 0.2) is 0 Å². The van der Waals surface area contributed by atoms with Gasteiger partial charge in [-0.15, -0.1) is 0 Å². The van der Waals surface area contributed by atoms with Crippen molar-refractivity contribution in [2.75, 3.05) is 18.0 Å². The molecule has 0 radical (unpaired) electrons. The summed E-state index contributed by atoms with van der Waals surface area (Å²) in [6, 6.07) is 9.10. The predicted molar refractivity (Wildman–Crippen MR) is 133 cm³/mol. The van der Waals surface area contributed by atoms with Gasteiger partial charge in [0.1, 0.15) is 0 Å². The number of hydrogen-bond acceptors (Lipinski definition) is 1. The third-order valence-corrected chi connectivity index (χ3v) is 6.00. The van der Waals surface area contributed by atoms with E-state index in [2.05, 4.69) is 70.7 Å². The molecule has 0 heterocycles. The minimum absolute atomic E-state index is 0.435. The lowest BCUT2D eigenvalue weighted by molar-refractivity contribution is 0.297. The first-order valence-corrected chi connectivity index (χ1v) is 12.6. The Morgan fingerprint density at radius 2 is 1.41 bits per heavy atom. The van der Waals surface area contributed by atoms with Crippen LogP contribution in [0.1, 0.15) is 117 Å². The Hall–Kier alpha value is -0.980. The molecule has 0 fully saturated rings. The van der Waals surface area contributed by atoms with Crippen LogP contribution < -0.4 is 4.90 Å². The summed E-state index contributed by atoms with van der Waals surface area (Å²) in [7, 11) is 0. The first kappa shape index (κ1) is 26.1. The highest BCUT2D eigenvalue weighted by molar-refractivity contribution is 5.48. The van der Waals surface area contributed by atoms with Gasteiger partial charge in [-0.1, -0.05) is 105 Å². The SMILES string of the molecule is CCCCCCCCCCCCN(CCC(C)CC(C)(C)C)c1cccc(C)c1. The van der Waals surface area contributed by atoms with Gasteiger partial charge in [-0.25, -0.2) is 0 Å². The molecule has 1 nitrogen and oxygen atoms in total. The number of nitrogens with zero attached hydrogens (tertiary/aromatic N) is 1. The average Bonchev–Trinajstić information content (AvgIpc) is 2.64. The standard InChI is InChI=1S/C28H51N/c1-7-8-9-10-11-12-13-14-15-16-21-29(27-19-17-18-25(2)23-27)22-20-26(3)24-28(4,5)6/h17-19,23,26H,7-16,20-22,24H2,1-6H3. The van der Waals surface area contributed by atoms with E-state index >= 15 is 0 Å². The monoisotopic (exact) mass is 401 g/mol. The van der Waals surface area contributed by atoms with Gasteiger partial charge >= 0.3 is 0 Å². The van der Waals surface area contributed by atoms with Crippen LogP contribution in [0.3, 0.4) is 0 Å². The molecule has 1 unspecified atom stereocenters. The van der Waals surface area contributed by atoms with Crippen molar-refractivity contribution in [3.8, 4) is 0 Å². The number of aryl methyl sites for hydroxylation is 1. The topological polar surface area (TPSA) is 3.24 Å². The number of unbranched alkanes of at least 4 members (excludes halogenated alkanes) is 9. The summed E-state index contributed by atoms with van der Waals surface area (Å²) in [5.74, 6) is 0.787. The molecule has 0 bridgehead atoms. The Kier molecular flexibility index (Phi) is 13.4. The van der Waals surface area contributed by atoms with E-state index in [-0.39, 0.29) is 0 Å². The molecule has 0 saturated heterocycles. The molecule has 0 aliphatic carbocycles. The maximum absolute atomic E-state index is 2.65. The van der Waals surface area contributed by atoms with Crippen LogP contribution in [0.15, 0.2) is 24.3 Å². The number of hydrogen-bond donors (Lipinski definition) is 0. The normalized spacial score (nSPS) is 12.9. The second-order valence-electron chi connectivity index (χ2n) is 10.7. The van der Waals surface area contributed by atoms with Gasteiger partial charge < -0.3 is 4.90 Å². The molecule has 29 heavy (non-hydrogen) atoms. The largest absolute Gasteiger partial charge is 0.372 e. The van der Waals surface area contributed by atoms with E-state index in [1.807, 2.05) is 0 Å². The minimum atomic E-state index is 0.435. The zero-order valence-electron chi connectivity index (χ0n) is 20.7. The maximum Gasteiger partial charge on any atom is 0.0368 e. The second kappa shape index (κ2) is 14.9. The highest BCUT2D eigenvalue weighted by Gasteiger charge is 2.16. The van der Waals surface area contributed by atoms with Gasteiger partial charge in [0.25, 0.3) is 0 Å². The van der Waals surface area contributed by atoms with Crippen molar-refractivity contribution >= 4 is 5.69 Å². The molecule has 1 heteroatoms. The Bertz CT molecular complexity index is 513. The molecule has 0 spiro atoms. The van der Waals surface area contributed by atoms with Crippen molar-refractivity contribution in [1.29, 1.82) is 0 Å². The Morgan fingerprint density at radius 1 is 0.828 bits per heavy atom. The van der Waals surface area contributed by atoms with Crippen LogP contribution >= 0.6 is 0 Å². The van der Waals surface area contributed by atoms with Crippen LogP contribution in [0.5, 0.6) is 0 Å². The number of benzene rings is 1. The first-order valence-electron chi connectivity index (χ1n) is 12.6. The molecule has 0 N–H and O–H groups in total. The fourth-order valence-electron chi connectivity index (χ4n) is 4.51. The Labute approximate surface area is 183 Å². The van der Waals surface area contributed by atoms with E-state index in [9.17, 15) is 0 Å². The predicted octanol–water partition coefficient (Wildman–Crippen LogP) is 9.18. The van der Waals surface area contributed by atoms with Crippen molar-refractivity contribution in [1.82, 2.24) is 0 Å². The summed E-state index contributed by atoms with van der Waals surface area (Å²) < 4.78 is 0. The average molecular weight is 402 g/mol. The number of anilines is 1. The lowest BCUT2D eigenvalue weighted by Crippen LogP contribution is -2.27. The van der Waals surface area contributed by atoms with Crippen molar-refractivity contribution in [2.45, 2.75) is 119 Å². The lowest BCUT2D eigenvalue weighted by atomic mass is 9.84. The summed E-state index contributed by atoms with van der Waals surface area (Å²) in [6.07, 6.45) is 16.7. The second-order valence-corrected chi connectivity index (χ2v) is 10.7. The molecule has 0 aromatic heterocycles. The van der Waals surface area contributed by atoms with E-state index in [4.69, 9.17) is 0 Å². The molecule has 1 rings (SSSR count). The molecule has 168 valence electrons. The molecule has 0 saturated carbocycles. The van der Waals surface area contributed by atoms with Gasteiger partial charge in [-0.2, -0.15) is 0 Å². The summed E-state index contributed by atoms with van der Waals surface area (Å²) in [5, 5.41) is 0.